The van der Waals surface area contributed by atoms with Gasteiger partial charge in [-0.25, -0.2) is 0 Å². The molecule has 0 radical (unpaired) electrons. The van der Waals surface area contributed by atoms with E-state index in [0.717, 1.165) is 38.6 Å². The summed E-state index contributed by atoms with van der Waals surface area (Å²) in [5.41, 5.74) is 0. The molecule has 0 N–H and O–H groups in total. The number of unbranched alkanes of at least 4 members (excludes halogenated alkanes) is 7. The van der Waals surface area contributed by atoms with Gasteiger partial charge in [0.2, 0.25) is 0 Å². The summed E-state index contributed by atoms with van der Waals surface area (Å²) in [7, 11) is 6.96. The van der Waals surface area contributed by atoms with Crippen molar-refractivity contribution in [2.24, 2.45) is 0 Å². The highest BCUT2D eigenvalue weighted by Gasteiger charge is 2.90. The molecule has 0 aliphatic rings. The highest BCUT2D eigenvalue weighted by molar-refractivity contribution is 5.10. The lowest BCUT2D eigenvalue weighted by Gasteiger charge is -2.40. The lowest BCUT2D eigenvalue weighted by molar-refractivity contribution is -0.946. The van der Waals surface area contributed by atoms with Crippen LogP contribution in [-0.2, 0) is 0 Å². The van der Waals surface area contributed by atoms with Crippen molar-refractivity contribution in [3.05, 3.63) is 0 Å². The standard InChI is InChI=1S/C25H43F13N2/c1-6-7-8-9-10-11-12-13-16-39(2,3)18-19-40(4,5)17-14-15-20(26,27)21(28,29)22(30,31)23(32,33)24(34,35)25(36,37)38/h6-19H2,1-5H3/q+2. The molecule has 0 unspecified atom stereocenters. The number of nitrogens with zero attached hydrogens (tertiary/aromatic N) is 2. The Balaban J connectivity index is 5.03. The van der Waals surface area contributed by atoms with Crippen molar-refractivity contribution < 1.29 is 66.0 Å². The first kappa shape index (κ1) is 39.0. The van der Waals surface area contributed by atoms with Crippen LogP contribution in [0.25, 0.3) is 0 Å². The van der Waals surface area contributed by atoms with Crippen molar-refractivity contribution >= 4 is 0 Å². The predicted octanol–water partition coefficient (Wildman–Crippen LogP) is 8.80. The first-order valence-electron chi connectivity index (χ1n) is 13.3. The van der Waals surface area contributed by atoms with Gasteiger partial charge in [-0.05, 0) is 12.8 Å². The maximum Gasteiger partial charge on any atom is 0.460 e. The third-order valence-electron chi connectivity index (χ3n) is 7.18. The lowest BCUT2D eigenvalue weighted by atomic mass is 9.92. The van der Waals surface area contributed by atoms with E-state index in [1.165, 1.54) is 19.3 Å². The molecule has 0 rings (SSSR count). The van der Waals surface area contributed by atoms with Gasteiger partial charge in [0.1, 0.15) is 13.1 Å². The Morgan fingerprint density at radius 2 is 0.750 bits per heavy atom. The van der Waals surface area contributed by atoms with E-state index in [1.54, 1.807) is 14.1 Å². The van der Waals surface area contributed by atoms with Gasteiger partial charge in [-0.3, -0.25) is 0 Å². The molecule has 0 saturated heterocycles. The molecule has 0 saturated carbocycles. The average molecular weight is 619 g/mol. The molecule has 2 nitrogen and oxygen atoms in total. The molecule has 15 heteroatoms. The fraction of sp³-hybridized carbons (Fsp3) is 1.00. The summed E-state index contributed by atoms with van der Waals surface area (Å²) in [6, 6.07) is 0. The highest BCUT2D eigenvalue weighted by Crippen LogP contribution is 2.60. The van der Waals surface area contributed by atoms with Gasteiger partial charge >= 0.3 is 35.8 Å². The molecule has 40 heavy (non-hydrogen) atoms. The summed E-state index contributed by atoms with van der Waals surface area (Å²) in [6.45, 7) is 3.52. The summed E-state index contributed by atoms with van der Waals surface area (Å²) in [4.78, 5) is 0. The van der Waals surface area contributed by atoms with E-state index in [0.29, 0.717) is 17.6 Å². The first-order valence-corrected chi connectivity index (χ1v) is 13.3. The minimum absolute atomic E-state index is 0.0422. The van der Waals surface area contributed by atoms with Crippen molar-refractivity contribution in [1.82, 2.24) is 0 Å². The normalized spacial score (nSPS) is 15.2. The van der Waals surface area contributed by atoms with Crippen LogP contribution in [0.3, 0.4) is 0 Å². The van der Waals surface area contributed by atoms with Crippen LogP contribution in [0.15, 0.2) is 0 Å². The smallest absolute Gasteiger partial charge is 0.324 e. The highest BCUT2D eigenvalue weighted by atomic mass is 19.4. The molecule has 0 aliphatic heterocycles. The lowest BCUT2D eigenvalue weighted by Crippen LogP contribution is -2.70. The summed E-state index contributed by atoms with van der Waals surface area (Å²) in [5, 5.41) is 0. The second-order valence-electron chi connectivity index (χ2n) is 11.8. The van der Waals surface area contributed by atoms with E-state index in [4.69, 9.17) is 0 Å². The molecular weight excluding hydrogens is 575 g/mol. The molecule has 0 spiro atoms. The molecule has 0 fully saturated rings. The maximum absolute atomic E-state index is 14.1. The van der Waals surface area contributed by atoms with Gasteiger partial charge in [-0.1, -0.05) is 45.4 Å². The number of halogens is 13. The largest absolute Gasteiger partial charge is 0.460 e. The van der Waals surface area contributed by atoms with Crippen LogP contribution >= 0.6 is 0 Å². The molecule has 0 aromatic rings. The summed E-state index contributed by atoms with van der Waals surface area (Å²) >= 11 is 0. The number of hydrogen-bond donors (Lipinski definition) is 0. The third kappa shape index (κ3) is 9.79. The van der Waals surface area contributed by atoms with E-state index >= 15 is 0 Å². The first-order chi connectivity index (χ1) is 17.7. The minimum Gasteiger partial charge on any atom is -0.324 e. The van der Waals surface area contributed by atoms with Crippen molar-refractivity contribution in [3.63, 3.8) is 0 Å². The van der Waals surface area contributed by atoms with E-state index in [-0.39, 0.29) is 11.0 Å². The zero-order chi connectivity index (χ0) is 31.9. The van der Waals surface area contributed by atoms with Crippen molar-refractivity contribution in [1.29, 1.82) is 0 Å². The second kappa shape index (κ2) is 14.0. The molecular formula is C25H43F13N2+2. The molecule has 0 aromatic carbocycles. The monoisotopic (exact) mass is 618 g/mol. The van der Waals surface area contributed by atoms with Gasteiger partial charge < -0.3 is 8.97 Å². The topological polar surface area (TPSA) is 0 Å². The van der Waals surface area contributed by atoms with E-state index in [2.05, 4.69) is 6.92 Å². The summed E-state index contributed by atoms with van der Waals surface area (Å²) < 4.78 is 173. The average Bonchev–Trinajstić information content (AvgIpc) is 2.78. The SMILES string of the molecule is CCCCCCCCCC[N+](C)(C)CC[N+](C)(C)CCCC(F)(F)C(F)(F)C(F)(F)C(F)(F)C(F)(F)C(F)(F)F. The number of hydrogen-bond acceptors (Lipinski definition) is 0. The Hall–Kier alpha value is -0.990. The van der Waals surface area contributed by atoms with Crippen LogP contribution in [0.5, 0.6) is 0 Å². The zero-order valence-electron chi connectivity index (χ0n) is 23.7. The third-order valence-corrected chi connectivity index (χ3v) is 7.18. The second-order valence-corrected chi connectivity index (χ2v) is 11.8. The minimum atomic E-state index is -7.85. The quantitative estimate of drug-likeness (QED) is 0.0727. The van der Waals surface area contributed by atoms with Crippen molar-refractivity contribution in [2.45, 2.75) is 107 Å². The Morgan fingerprint density at radius 3 is 1.15 bits per heavy atom. The fourth-order valence-corrected chi connectivity index (χ4v) is 4.13. The van der Waals surface area contributed by atoms with Gasteiger partial charge in [0.15, 0.2) is 0 Å². The molecule has 0 aliphatic carbocycles. The Labute approximate surface area is 228 Å². The van der Waals surface area contributed by atoms with Gasteiger partial charge in [0, 0.05) is 12.8 Å². The number of rotatable bonds is 20. The Bertz CT molecular complexity index is 747. The predicted molar refractivity (Wildman–Crippen MR) is 126 cm³/mol. The number of alkyl halides is 13. The number of quaternary nitrogens is 2. The molecule has 0 atom stereocenters. The van der Waals surface area contributed by atoms with Crippen LogP contribution in [0, 0.1) is 0 Å². The van der Waals surface area contributed by atoms with Gasteiger partial charge in [0.25, 0.3) is 0 Å². The molecule has 242 valence electrons. The summed E-state index contributed by atoms with van der Waals surface area (Å²) in [5.74, 6) is -36.5. The zero-order valence-corrected chi connectivity index (χ0v) is 23.7. The van der Waals surface area contributed by atoms with Crippen molar-refractivity contribution in [3.8, 4) is 0 Å². The number of likely N-dealkylation sites (N-methyl/N-ethyl adjacent to an activating group) is 2. The summed E-state index contributed by atoms with van der Waals surface area (Å²) in [6.07, 6.45) is -1.46. The van der Waals surface area contributed by atoms with Crippen LogP contribution in [0.4, 0.5) is 57.1 Å². The van der Waals surface area contributed by atoms with E-state index in [1.807, 2.05) is 14.1 Å². The molecule has 0 amide bonds. The Kier molecular flexibility index (Phi) is 13.6. The van der Waals surface area contributed by atoms with Crippen LogP contribution < -0.4 is 0 Å². The fourth-order valence-electron chi connectivity index (χ4n) is 4.13. The molecule has 0 heterocycles. The van der Waals surface area contributed by atoms with Gasteiger partial charge in [-0.15, -0.1) is 0 Å². The van der Waals surface area contributed by atoms with Crippen LogP contribution in [0.1, 0.15) is 71.1 Å². The van der Waals surface area contributed by atoms with Crippen molar-refractivity contribution in [2.75, 3.05) is 54.4 Å². The van der Waals surface area contributed by atoms with E-state index < -0.39 is 48.6 Å². The molecule has 0 aromatic heterocycles. The van der Waals surface area contributed by atoms with Crippen LogP contribution in [-0.4, -0.2) is 99.1 Å². The van der Waals surface area contributed by atoms with E-state index in [9.17, 15) is 57.1 Å². The molecule has 0 bridgehead atoms. The Morgan fingerprint density at radius 1 is 0.400 bits per heavy atom. The van der Waals surface area contributed by atoms with Crippen LogP contribution in [0.2, 0.25) is 0 Å². The van der Waals surface area contributed by atoms with Gasteiger partial charge in [-0.2, -0.15) is 57.1 Å². The van der Waals surface area contributed by atoms with Gasteiger partial charge in [0.05, 0.1) is 41.3 Å². The maximum atomic E-state index is 14.1.